The van der Waals surface area contributed by atoms with E-state index in [0.717, 1.165) is 29.7 Å². The maximum absolute atomic E-state index is 13.2. The van der Waals surface area contributed by atoms with Crippen LogP contribution < -0.4 is 0 Å². The van der Waals surface area contributed by atoms with E-state index in [4.69, 9.17) is 0 Å². The lowest BCUT2D eigenvalue weighted by atomic mass is 9.95. The number of benzene rings is 1. The van der Waals surface area contributed by atoms with Gasteiger partial charge in [-0.1, -0.05) is 35.9 Å². The molecule has 4 rings (SSSR count). The van der Waals surface area contributed by atoms with Gasteiger partial charge in [0.25, 0.3) is 11.7 Å². The lowest BCUT2D eigenvalue weighted by Gasteiger charge is -2.26. The number of likely N-dealkylation sites (tertiary alicyclic amines) is 1. The Balaban J connectivity index is 1.87. The second-order valence-corrected chi connectivity index (χ2v) is 8.99. The van der Waals surface area contributed by atoms with Crippen LogP contribution in [0.5, 0.6) is 0 Å². The third-order valence-electron chi connectivity index (χ3n) is 6.25. The van der Waals surface area contributed by atoms with Gasteiger partial charge in [-0.3, -0.25) is 9.59 Å². The smallest absolute Gasteiger partial charge is 0.295 e. The Morgan fingerprint density at radius 3 is 2.42 bits per heavy atom. The summed E-state index contributed by atoms with van der Waals surface area (Å²) in [6.07, 6.45) is 2.59. The van der Waals surface area contributed by atoms with Gasteiger partial charge in [-0.05, 0) is 65.0 Å². The molecule has 1 atom stereocenters. The molecule has 1 N–H and O–H groups in total. The number of imidazole rings is 1. The molecule has 1 fully saturated rings. The molecule has 1 aromatic carbocycles. The van der Waals surface area contributed by atoms with E-state index < -0.39 is 17.7 Å². The van der Waals surface area contributed by atoms with Crippen molar-refractivity contribution in [2.24, 2.45) is 0 Å². The second-order valence-electron chi connectivity index (χ2n) is 8.99. The first-order chi connectivity index (χ1) is 15.7. The SMILES string of the molecule is Cc1ccc(C2C(=C(O)c3nc4c(C)cccn4c3C)C(=O)C(=O)N2CCCN(C)C)cc1. The van der Waals surface area contributed by atoms with Crippen molar-refractivity contribution in [2.75, 3.05) is 27.2 Å². The van der Waals surface area contributed by atoms with Crippen molar-refractivity contribution < 1.29 is 14.7 Å². The number of ketones is 1. The molecule has 0 aliphatic carbocycles. The summed E-state index contributed by atoms with van der Waals surface area (Å²) in [5.74, 6) is -1.48. The number of aryl methyl sites for hydroxylation is 3. The molecule has 3 aromatic rings. The molecule has 0 bridgehead atoms. The number of rotatable bonds is 6. The minimum Gasteiger partial charge on any atom is -0.505 e. The summed E-state index contributed by atoms with van der Waals surface area (Å²) >= 11 is 0. The number of nitrogens with zero attached hydrogens (tertiary/aromatic N) is 4. The minimum atomic E-state index is -0.670. The Morgan fingerprint density at radius 1 is 1.09 bits per heavy atom. The van der Waals surface area contributed by atoms with E-state index in [2.05, 4.69) is 4.98 Å². The molecule has 1 aliphatic rings. The zero-order chi connectivity index (χ0) is 23.9. The van der Waals surface area contributed by atoms with E-state index in [-0.39, 0.29) is 11.3 Å². The summed E-state index contributed by atoms with van der Waals surface area (Å²) in [4.78, 5) is 34.6. The van der Waals surface area contributed by atoms with Crippen LogP contribution in [0.4, 0.5) is 0 Å². The van der Waals surface area contributed by atoms with Gasteiger partial charge in [0.1, 0.15) is 11.3 Å². The first-order valence-electron chi connectivity index (χ1n) is 11.1. The van der Waals surface area contributed by atoms with E-state index in [1.54, 1.807) is 4.90 Å². The molecule has 1 aliphatic heterocycles. The van der Waals surface area contributed by atoms with E-state index in [1.807, 2.05) is 86.8 Å². The maximum atomic E-state index is 13.2. The lowest BCUT2D eigenvalue weighted by molar-refractivity contribution is -0.139. The summed E-state index contributed by atoms with van der Waals surface area (Å²) in [7, 11) is 3.94. The van der Waals surface area contributed by atoms with Crippen LogP contribution >= 0.6 is 0 Å². The molecule has 0 radical (unpaired) electrons. The van der Waals surface area contributed by atoms with Crippen LogP contribution in [0.3, 0.4) is 0 Å². The van der Waals surface area contributed by atoms with Crippen LogP contribution in [0.1, 0.15) is 40.5 Å². The number of amides is 1. The monoisotopic (exact) mass is 446 g/mol. The third-order valence-corrected chi connectivity index (χ3v) is 6.25. The van der Waals surface area contributed by atoms with Crippen molar-refractivity contribution >= 4 is 23.1 Å². The first-order valence-corrected chi connectivity index (χ1v) is 11.1. The molecule has 1 saturated heterocycles. The molecule has 2 aromatic heterocycles. The molecule has 1 amide bonds. The van der Waals surface area contributed by atoms with Gasteiger partial charge in [0.05, 0.1) is 17.3 Å². The van der Waals surface area contributed by atoms with Crippen LogP contribution in [-0.4, -0.2) is 63.2 Å². The topological polar surface area (TPSA) is 78.1 Å². The number of fused-ring (bicyclic) bond motifs is 1. The fraction of sp³-hybridized carbons (Fsp3) is 0.346. The van der Waals surface area contributed by atoms with Gasteiger partial charge < -0.3 is 19.3 Å². The van der Waals surface area contributed by atoms with Crippen LogP contribution in [0, 0.1) is 20.8 Å². The summed E-state index contributed by atoms with van der Waals surface area (Å²) in [5, 5.41) is 11.4. The normalized spacial score (nSPS) is 18.1. The van der Waals surface area contributed by atoms with E-state index in [0.29, 0.717) is 23.6 Å². The number of pyridine rings is 1. The highest BCUT2D eigenvalue weighted by Crippen LogP contribution is 2.40. The van der Waals surface area contributed by atoms with Crippen molar-refractivity contribution in [1.29, 1.82) is 0 Å². The van der Waals surface area contributed by atoms with Gasteiger partial charge in [-0.25, -0.2) is 4.98 Å². The van der Waals surface area contributed by atoms with Crippen molar-refractivity contribution in [1.82, 2.24) is 19.2 Å². The average Bonchev–Trinajstić information content (AvgIpc) is 3.24. The number of hydrogen-bond acceptors (Lipinski definition) is 5. The van der Waals surface area contributed by atoms with Crippen molar-refractivity contribution in [3.63, 3.8) is 0 Å². The van der Waals surface area contributed by atoms with Gasteiger partial charge in [-0.2, -0.15) is 0 Å². The Kier molecular flexibility index (Phi) is 6.08. The molecular weight excluding hydrogens is 416 g/mol. The van der Waals surface area contributed by atoms with Gasteiger partial charge in [-0.15, -0.1) is 0 Å². The average molecular weight is 447 g/mol. The zero-order valence-corrected chi connectivity index (χ0v) is 19.8. The molecule has 7 nitrogen and oxygen atoms in total. The van der Waals surface area contributed by atoms with Gasteiger partial charge in [0, 0.05) is 12.7 Å². The van der Waals surface area contributed by atoms with Crippen molar-refractivity contribution in [3.8, 4) is 0 Å². The fourth-order valence-electron chi connectivity index (χ4n) is 4.44. The Hall–Kier alpha value is -3.45. The number of hydrogen-bond donors (Lipinski definition) is 1. The number of carbonyl (C=O) groups is 2. The minimum absolute atomic E-state index is 0.0952. The highest BCUT2D eigenvalue weighted by Gasteiger charge is 2.46. The number of Topliss-reactive ketones (excluding diaryl/α,β-unsaturated/α-hetero) is 1. The second kappa shape index (κ2) is 8.83. The quantitative estimate of drug-likeness (QED) is 0.355. The number of carbonyl (C=O) groups excluding carboxylic acids is 2. The molecule has 3 heterocycles. The van der Waals surface area contributed by atoms with Crippen LogP contribution in [0.2, 0.25) is 0 Å². The fourth-order valence-corrected chi connectivity index (χ4v) is 4.44. The summed E-state index contributed by atoms with van der Waals surface area (Å²) in [5.41, 5.74) is 4.68. The molecule has 172 valence electrons. The van der Waals surface area contributed by atoms with E-state index >= 15 is 0 Å². The summed E-state index contributed by atoms with van der Waals surface area (Å²) < 4.78 is 1.89. The molecule has 33 heavy (non-hydrogen) atoms. The van der Waals surface area contributed by atoms with Gasteiger partial charge in [0.15, 0.2) is 5.76 Å². The van der Waals surface area contributed by atoms with Crippen molar-refractivity contribution in [3.05, 3.63) is 76.2 Å². The van der Waals surface area contributed by atoms with Crippen LogP contribution in [-0.2, 0) is 9.59 Å². The Bertz CT molecular complexity index is 1250. The Morgan fingerprint density at radius 2 is 1.79 bits per heavy atom. The number of aliphatic hydroxyl groups excluding tert-OH is 1. The van der Waals surface area contributed by atoms with E-state index in [1.165, 1.54) is 0 Å². The molecule has 0 saturated carbocycles. The van der Waals surface area contributed by atoms with Crippen molar-refractivity contribution in [2.45, 2.75) is 33.2 Å². The van der Waals surface area contributed by atoms with Crippen LogP contribution in [0.15, 0.2) is 48.2 Å². The standard InChI is InChI=1S/C26H30N4O3/c1-16-9-11-19(12-10-16)22-20(24(32)26(33)30(22)15-7-13-28(4)5)23(31)21-18(3)29-14-6-8-17(2)25(29)27-21/h6,8-12,14,22,31H,7,13,15H2,1-5H3. The van der Waals surface area contributed by atoms with E-state index in [9.17, 15) is 14.7 Å². The molecular formula is C26H30N4O3. The highest BCUT2D eigenvalue weighted by molar-refractivity contribution is 6.46. The molecule has 1 unspecified atom stereocenters. The zero-order valence-electron chi connectivity index (χ0n) is 19.8. The predicted octanol–water partition coefficient (Wildman–Crippen LogP) is 3.63. The molecule has 7 heteroatoms. The summed E-state index contributed by atoms with van der Waals surface area (Å²) in [6, 6.07) is 10.9. The Labute approximate surface area is 194 Å². The summed E-state index contributed by atoms with van der Waals surface area (Å²) in [6.45, 7) is 6.99. The maximum Gasteiger partial charge on any atom is 0.295 e. The largest absolute Gasteiger partial charge is 0.505 e. The highest BCUT2D eigenvalue weighted by atomic mass is 16.3. The third kappa shape index (κ3) is 4.04. The van der Waals surface area contributed by atoms with Gasteiger partial charge in [0.2, 0.25) is 0 Å². The first kappa shape index (κ1) is 22.7. The lowest BCUT2D eigenvalue weighted by Crippen LogP contribution is -2.32. The molecule has 0 spiro atoms. The number of aliphatic hydroxyl groups is 1. The van der Waals surface area contributed by atoms with Crippen LogP contribution in [0.25, 0.3) is 11.4 Å². The predicted molar refractivity (Wildman–Crippen MR) is 128 cm³/mol. The number of aromatic nitrogens is 2. The van der Waals surface area contributed by atoms with Gasteiger partial charge >= 0.3 is 0 Å².